The molecule has 7 N–H and O–H groups in total. The van der Waals surface area contributed by atoms with Gasteiger partial charge in [-0.3, -0.25) is 30.2 Å². The topological polar surface area (TPSA) is 190 Å². The molecule has 3 atom stereocenters. The van der Waals surface area contributed by atoms with E-state index in [1.54, 1.807) is 18.3 Å². The number of carbonyl (C=O) groups is 4. The van der Waals surface area contributed by atoms with Crippen LogP contribution in [0.25, 0.3) is 0 Å². The highest BCUT2D eigenvalue weighted by Gasteiger charge is 2.42. The smallest absolute Gasteiger partial charge is 0.315 e. The average Bonchev–Trinajstić information content (AvgIpc) is 3.49. The molecule has 0 aromatic carbocycles. The molecule has 1 aromatic heterocycles. The second-order valence-corrected chi connectivity index (χ2v) is 10.2. The maximum Gasteiger partial charge on any atom is 0.315 e. The molecule has 2 fully saturated rings. The Balaban J connectivity index is 1.01. The number of nitrogens with one attached hydrogen (secondary N) is 7. The van der Waals surface area contributed by atoms with Crippen LogP contribution in [0.2, 0.25) is 0 Å². The van der Waals surface area contributed by atoms with Crippen molar-refractivity contribution >= 4 is 47.2 Å². The highest BCUT2D eigenvalue weighted by molar-refractivity contribution is 8.00. The van der Waals surface area contributed by atoms with E-state index >= 15 is 0 Å². The van der Waals surface area contributed by atoms with Crippen molar-refractivity contribution in [1.82, 2.24) is 42.4 Å². The normalized spacial score (nSPS) is 21.5. The Morgan fingerprint density at radius 2 is 1.71 bits per heavy atom. The number of carbonyl (C=O) groups excluding carboxylic acids is 4. The molecule has 204 valence electrons. The van der Waals surface area contributed by atoms with Gasteiger partial charge in [0, 0.05) is 36.7 Å². The number of thioether (sulfide) groups is 1. The molecule has 2 saturated heterocycles. The van der Waals surface area contributed by atoms with Gasteiger partial charge in [0.15, 0.2) is 0 Å². The molecule has 38 heavy (non-hydrogen) atoms. The second-order valence-electron chi connectivity index (χ2n) is 8.98. The number of hydrazone groups is 2. The predicted molar refractivity (Wildman–Crippen MR) is 142 cm³/mol. The van der Waals surface area contributed by atoms with Crippen LogP contribution in [0.15, 0.2) is 34.6 Å². The Kier molecular flexibility index (Phi) is 9.72. The molecule has 3 unspecified atom stereocenters. The van der Waals surface area contributed by atoms with E-state index in [9.17, 15) is 19.2 Å². The van der Waals surface area contributed by atoms with Crippen LogP contribution in [-0.2, 0) is 20.9 Å². The van der Waals surface area contributed by atoms with E-state index in [4.69, 9.17) is 0 Å². The van der Waals surface area contributed by atoms with Crippen molar-refractivity contribution in [2.75, 3.05) is 18.8 Å². The number of hydrogen-bond donors (Lipinski definition) is 7. The van der Waals surface area contributed by atoms with Gasteiger partial charge in [0.25, 0.3) is 11.8 Å². The molecule has 1 aromatic rings. The third-order valence-electron chi connectivity index (χ3n) is 6.18. The van der Waals surface area contributed by atoms with Crippen LogP contribution in [0.1, 0.15) is 37.8 Å². The lowest BCUT2D eigenvalue weighted by Gasteiger charge is -2.16. The summed E-state index contributed by atoms with van der Waals surface area (Å²) >= 11 is 1.87. The van der Waals surface area contributed by atoms with Crippen molar-refractivity contribution in [1.29, 1.82) is 0 Å². The Labute approximate surface area is 224 Å². The van der Waals surface area contributed by atoms with Gasteiger partial charge in [-0.1, -0.05) is 12.5 Å². The molecular formula is C23H32N10O4S. The van der Waals surface area contributed by atoms with Crippen molar-refractivity contribution < 1.29 is 19.2 Å². The van der Waals surface area contributed by atoms with E-state index in [1.165, 1.54) is 0 Å². The quantitative estimate of drug-likeness (QED) is 0.120. The fourth-order valence-electron chi connectivity index (χ4n) is 4.19. The van der Waals surface area contributed by atoms with Crippen LogP contribution in [0.3, 0.4) is 0 Å². The average molecular weight is 545 g/mol. The van der Waals surface area contributed by atoms with Crippen LogP contribution in [0.5, 0.6) is 0 Å². The summed E-state index contributed by atoms with van der Waals surface area (Å²) in [6.45, 7) is 1.01. The maximum atomic E-state index is 12.2. The zero-order valence-corrected chi connectivity index (χ0v) is 21.6. The number of fused-ring (bicyclic) bond motifs is 1. The van der Waals surface area contributed by atoms with Gasteiger partial charge in [-0.2, -0.15) is 11.8 Å². The highest BCUT2D eigenvalue weighted by Crippen LogP contribution is 2.33. The number of unbranched alkanes of at least 4 members (excludes halogenated alkanes) is 1. The molecule has 0 saturated carbocycles. The second kappa shape index (κ2) is 13.6. The number of amides is 5. The van der Waals surface area contributed by atoms with Gasteiger partial charge < -0.3 is 26.6 Å². The number of urea groups is 1. The summed E-state index contributed by atoms with van der Waals surface area (Å²) in [7, 11) is 0. The minimum atomic E-state index is -0.493. The van der Waals surface area contributed by atoms with Crippen LogP contribution in [0, 0.1) is 0 Å². The number of rotatable bonds is 13. The molecule has 0 spiro atoms. The summed E-state index contributed by atoms with van der Waals surface area (Å²) in [5, 5.41) is 22.2. The van der Waals surface area contributed by atoms with Gasteiger partial charge in [0.1, 0.15) is 0 Å². The molecule has 4 heterocycles. The first-order chi connectivity index (χ1) is 18.5. The minimum Gasteiger partial charge on any atom is -0.356 e. The van der Waals surface area contributed by atoms with Gasteiger partial charge >= 0.3 is 6.03 Å². The molecule has 4 rings (SSSR count). The molecule has 0 radical (unpaired) electrons. The standard InChI is InChI=1S/C23H32N10O4S/c34-17(8-2-1-7-16-18-15(13-38-16)28-23(37)29-18)25-10-5-11-26-21(35)19-30-32-20(33-31-19)22(36)27-12-14-6-3-4-9-24-14/h3-4,6,9,15-16,18H,1-2,5,7-8,10-13H2,(H,25,34)(H,26,35)(H,27,36)(H,30,31)(H,32,33)(H2,28,29,37). The summed E-state index contributed by atoms with van der Waals surface area (Å²) < 4.78 is 0. The maximum absolute atomic E-state index is 12.2. The lowest BCUT2D eigenvalue weighted by atomic mass is 10.0. The highest BCUT2D eigenvalue weighted by atomic mass is 32.2. The van der Waals surface area contributed by atoms with Gasteiger partial charge in [-0.15, -0.1) is 10.2 Å². The minimum absolute atomic E-state index is 0.0187. The molecular weight excluding hydrogens is 512 g/mol. The lowest BCUT2D eigenvalue weighted by Crippen LogP contribution is -2.48. The summed E-state index contributed by atoms with van der Waals surface area (Å²) in [5.41, 5.74) is 5.62. The molecule has 3 aliphatic rings. The first kappa shape index (κ1) is 27.2. The Morgan fingerprint density at radius 1 is 0.947 bits per heavy atom. The van der Waals surface area contributed by atoms with Crippen LogP contribution < -0.4 is 37.4 Å². The number of pyridine rings is 1. The number of hydrogen-bond acceptors (Lipinski definition) is 10. The van der Waals surface area contributed by atoms with Gasteiger partial charge in [0.2, 0.25) is 17.6 Å². The monoisotopic (exact) mass is 544 g/mol. The van der Waals surface area contributed by atoms with Crippen LogP contribution in [-0.4, -0.2) is 76.6 Å². The summed E-state index contributed by atoms with van der Waals surface area (Å²) in [4.78, 5) is 52.0. The van der Waals surface area contributed by atoms with Crippen molar-refractivity contribution in [3.8, 4) is 0 Å². The fourth-order valence-corrected chi connectivity index (χ4v) is 5.74. The van der Waals surface area contributed by atoms with E-state index < -0.39 is 11.8 Å². The first-order valence-electron chi connectivity index (χ1n) is 12.6. The number of aromatic nitrogens is 1. The Morgan fingerprint density at radius 3 is 2.45 bits per heavy atom. The SMILES string of the molecule is O=C(CCCCC1SCC2NC(=O)NC21)NCCCNC(=O)C1=NNC(C(=O)NCc2ccccn2)=NN1. The van der Waals surface area contributed by atoms with E-state index in [0.717, 1.165) is 25.0 Å². The fraction of sp³-hybridized carbons (Fsp3) is 0.522. The lowest BCUT2D eigenvalue weighted by molar-refractivity contribution is -0.121. The van der Waals surface area contributed by atoms with Crippen molar-refractivity contribution in [3.05, 3.63) is 30.1 Å². The third kappa shape index (κ3) is 7.81. The largest absolute Gasteiger partial charge is 0.356 e. The first-order valence-corrected chi connectivity index (χ1v) is 13.6. The van der Waals surface area contributed by atoms with Crippen molar-refractivity contribution in [3.63, 3.8) is 0 Å². The molecule has 5 amide bonds. The molecule has 0 bridgehead atoms. The van der Waals surface area contributed by atoms with E-state index in [1.807, 2.05) is 17.8 Å². The van der Waals surface area contributed by atoms with E-state index in [0.29, 0.717) is 36.9 Å². The molecule has 3 aliphatic heterocycles. The summed E-state index contributed by atoms with van der Waals surface area (Å²) in [6, 6.07) is 5.71. The van der Waals surface area contributed by atoms with Gasteiger partial charge in [-0.05, 0) is 31.4 Å². The predicted octanol–water partition coefficient (Wildman–Crippen LogP) is -1.13. The van der Waals surface area contributed by atoms with Gasteiger partial charge in [0.05, 0.1) is 24.3 Å². The van der Waals surface area contributed by atoms with Gasteiger partial charge in [-0.25, -0.2) is 4.79 Å². The van der Waals surface area contributed by atoms with Crippen LogP contribution >= 0.6 is 11.8 Å². The zero-order chi connectivity index (χ0) is 26.7. The number of nitrogens with zero attached hydrogens (tertiary/aromatic N) is 3. The summed E-state index contributed by atoms with van der Waals surface area (Å²) in [5.74, 6) is -0.212. The van der Waals surface area contributed by atoms with E-state index in [2.05, 4.69) is 52.6 Å². The molecule has 0 aliphatic carbocycles. The number of amidine groups is 2. The molecule has 15 heteroatoms. The van der Waals surface area contributed by atoms with E-state index in [-0.39, 0.29) is 42.2 Å². The zero-order valence-electron chi connectivity index (χ0n) is 20.8. The van der Waals surface area contributed by atoms with Crippen molar-refractivity contribution in [2.45, 2.75) is 56.0 Å². The third-order valence-corrected chi connectivity index (χ3v) is 7.68. The summed E-state index contributed by atoms with van der Waals surface area (Å²) in [6.07, 6.45) is 5.33. The Bertz CT molecular complexity index is 1080. The Hall–Kier alpha value is -3.88. The van der Waals surface area contributed by atoms with Crippen molar-refractivity contribution in [2.24, 2.45) is 10.2 Å². The molecule has 14 nitrogen and oxygen atoms in total. The van der Waals surface area contributed by atoms with Crippen LogP contribution in [0.4, 0.5) is 4.79 Å².